The number of rotatable bonds is 6. The molecule has 0 bridgehead atoms. The van der Waals surface area contributed by atoms with Crippen molar-refractivity contribution in [3.05, 3.63) is 33.9 Å². The van der Waals surface area contributed by atoms with Crippen LogP contribution in [0.2, 0.25) is 0 Å². The summed E-state index contributed by atoms with van der Waals surface area (Å²) in [7, 11) is -3.97. The SMILES string of the molecule is CC(C)NS(=O)(=O)Nc1ccc(C(=O)O)cc1[N+](=O)[O-]. The van der Waals surface area contributed by atoms with E-state index in [-0.39, 0.29) is 11.3 Å². The molecule has 0 aliphatic carbocycles. The van der Waals surface area contributed by atoms with E-state index in [1.165, 1.54) is 0 Å². The van der Waals surface area contributed by atoms with Crippen LogP contribution in [0.15, 0.2) is 18.2 Å². The maximum atomic E-state index is 11.6. The lowest BCUT2D eigenvalue weighted by molar-refractivity contribution is -0.383. The first kappa shape index (κ1) is 15.9. The number of nitrogens with zero attached hydrogens (tertiary/aromatic N) is 1. The third-order valence-electron chi connectivity index (χ3n) is 2.08. The fourth-order valence-electron chi connectivity index (χ4n) is 1.39. The third kappa shape index (κ3) is 4.17. The predicted octanol–water partition coefficient (Wildman–Crippen LogP) is 0.948. The van der Waals surface area contributed by atoms with E-state index in [4.69, 9.17) is 5.11 Å². The Morgan fingerprint density at radius 3 is 2.45 bits per heavy atom. The molecule has 1 aromatic rings. The molecular weight excluding hydrogens is 290 g/mol. The fraction of sp³-hybridized carbons (Fsp3) is 0.300. The molecule has 0 fully saturated rings. The molecule has 0 aliphatic heterocycles. The highest BCUT2D eigenvalue weighted by atomic mass is 32.2. The van der Waals surface area contributed by atoms with Gasteiger partial charge in [-0.3, -0.25) is 14.8 Å². The van der Waals surface area contributed by atoms with E-state index < -0.39 is 32.8 Å². The Bertz CT molecular complexity index is 640. The first-order valence-electron chi connectivity index (χ1n) is 5.44. The average Bonchev–Trinajstić information content (AvgIpc) is 2.26. The van der Waals surface area contributed by atoms with E-state index in [0.717, 1.165) is 18.2 Å². The summed E-state index contributed by atoms with van der Waals surface area (Å²) in [5, 5.41) is 19.6. The van der Waals surface area contributed by atoms with Crippen LogP contribution in [0.1, 0.15) is 24.2 Å². The van der Waals surface area contributed by atoms with Crippen LogP contribution >= 0.6 is 0 Å². The van der Waals surface area contributed by atoms with Crippen molar-refractivity contribution in [1.82, 2.24) is 4.72 Å². The summed E-state index contributed by atoms with van der Waals surface area (Å²) in [6.07, 6.45) is 0. The van der Waals surface area contributed by atoms with E-state index >= 15 is 0 Å². The van der Waals surface area contributed by atoms with Crippen LogP contribution < -0.4 is 9.44 Å². The first-order chi connectivity index (χ1) is 9.12. The number of benzene rings is 1. The van der Waals surface area contributed by atoms with Gasteiger partial charge in [0.15, 0.2) is 0 Å². The van der Waals surface area contributed by atoms with E-state index in [1.807, 2.05) is 4.72 Å². The fourth-order valence-corrected chi connectivity index (χ4v) is 2.53. The summed E-state index contributed by atoms with van der Waals surface area (Å²) in [5.41, 5.74) is -1.26. The molecule has 0 heterocycles. The quantitative estimate of drug-likeness (QED) is 0.528. The number of nitro benzene ring substituents is 1. The number of hydrogen-bond acceptors (Lipinski definition) is 5. The topological polar surface area (TPSA) is 139 Å². The number of hydrogen-bond donors (Lipinski definition) is 3. The van der Waals surface area contributed by atoms with Crippen LogP contribution in [-0.2, 0) is 10.2 Å². The van der Waals surface area contributed by atoms with Crippen LogP contribution in [0.25, 0.3) is 0 Å². The highest BCUT2D eigenvalue weighted by Gasteiger charge is 2.21. The highest BCUT2D eigenvalue weighted by molar-refractivity contribution is 7.90. The van der Waals surface area contributed by atoms with E-state index in [2.05, 4.69) is 4.72 Å². The molecule has 3 N–H and O–H groups in total. The van der Waals surface area contributed by atoms with Crippen LogP contribution in [-0.4, -0.2) is 30.5 Å². The molecule has 9 nitrogen and oxygen atoms in total. The summed E-state index contributed by atoms with van der Waals surface area (Å²) in [5.74, 6) is -1.34. The Labute approximate surface area is 114 Å². The molecule has 0 atom stereocenters. The van der Waals surface area contributed by atoms with Gasteiger partial charge in [0.25, 0.3) is 15.9 Å². The summed E-state index contributed by atoms with van der Waals surface area (Å²) >= 11 is 0. The van der Waals surface area contributed by atoms with Crippen molar-refractivity contribution < 1.29 is 23.2 Å². The number of aromatic carboxylic acids is 1. The number of nitro groups is 1. The molecule has 10 heteroatoms. The lowest BCUT2D eigenvalue weighted by Gasteiger charge is -2.11. The van der Waals surface area contributed by atoms with Crippen molar-refractivity contribution in [2.24, 2.45) is 0 Å². The molecule has 0 saturated heterocycles. The largest absolute Gasteiger partial charge is 0.478 e. The van der Waals surface area contributed by atoms with Gasteiger partial charge < -0.3 is 5.11 Å². The van der Waals surface area contributed by atoms with Crippen LogP contribution in [0.3, 0.4) is 0 Å². The van der Waals surface area contributed by atoms with Gasteiger partial charge in [0.2, 0.25) is 0 Å². The van der Waals surface area contributed by atoms with Gasteiger partial charge in [-0.25, -0.2) is 4.79 Å². The second-order valence-electron chi connectivity index (χ2n) is 4.17. The number of anilines is 1. The number of carboxylic acids is 1. The minimum absolute atomic E-state index is 0.309. The van der Waals surface area contributed by atoms with Crippen molar-refractivity contribution in [2.45, 2.75) is 19.9 Å². The van der Waals surface area contributed by atoms with Crippen molar-refractivity contribution >= 4 is 27.6 Å². The van der Waals surface area contributed by atoms with E-state index in [0.29, 0.717) is 0 Å². The van der Waals surface area contributed by atoms with Crippen LogP contribution in [0.4, 0.5) is 11.4 Å². The zero-order valence-electron chi connectivity index (χ0n) is 10.7. The third-order valence-corrected chi connectivity index (χ3v) is 3.35. The van der Waals surface area contributed by atoms with Gasteiger partial charge in [-0.2, -0.15) is 13.1 Å². The van der Waals surface area contributed by atoms with Gasteiger partial charge in [-0.1, -0.05) is 0 Å². The standard InChI is InChI=1S/C10H13N3O6S/c1-6(2)11-20(18,19)12-8-4-3-7(10(14)15)5-9(8)13(16)17/h3-6,11-12H,1-2H3,(H,14,15). The summed E-state index contributed by atoms with van der Waals surface area (Å²) in [4.78, 5) is 20.7. The van der Waals surface area contributed by atoms with E-state index in [1.54, 1.807) is 13.8 Å². The monoisotopic (exact) mass is 303 g/mol. The first-order valence-corrected chi connectivity index (χ1v) is 6.92. The molecule has 0 spiro atoms. The smallest absolute Gasteiger partial charge is 0.335 e. The Morgan fingerprint density at radius 2 is 2.00 bits per heavy atom. The molecule has 0 amide bonds. The molecular formula is C10H13N3O6S. The molecule has 0 saturated carbocycles. The second kappa shape index (κ2) is 5.84. The molecule has 110 valence electrons. The Morgan fingerprint density at radius 1 is 1.40 bits per heavy atom. The highest BCUT2D eigenvalue weighted by Crippen LogP contribution is 2.26. The maximum Gasteiger partial charge on any atom is 0.335 e. The van der Waals surface area contributed by atoms with Gasteiger partial charge in [-0.05, 0) is 26.0 Å². The average molecular weight is 303 g/mol. The molecule has 0 aliphatic rings. The van der Waals surface area contributed by atoms with Crippen LogP contribution in [0.5, 0.6) is 0 Å². The second-order valence-corrected chi connectivity index (χ2v) is 5.62. The Balaban J connectivity index is 3.19. The summed E-state index contributed by atoms with van der Waals surface area (Å²) < 4.78 is 27.5. The van der Waals surface area contributed by atoms with Crippen molar-refractivity contribution in [3.8, 4) is 0 Å². The number of nitrogens with one attached hydrogen (secondary N) is 2. The number of carbonyl (C=O) groups is 1. The molecule has 0 radical (unpaired) electrons. The summed E-state index contributed by atoms with van der Waals surface area (Å²) in [6.45, 7) is 3.17. The van der Waals surface area contributed by atoms with Gasteiger partial charge in [0.1, 0.15) is 5.69 Å². The van der Waals surface area contributed by atoms with Gasteiger partial charge in [-0.15, -0.1) is 0 Å². The van der Waals surface area contributed by atoms with Gasteiger partial charge in [0, 0.05) is 12.1 Å². The number of carboxylic acid groups (broad SMARTS) is 1. The molecule has 0 unspecified atom stereocenters. The Kier molecular flexibility index (Phi) is 4.63. The van der Waals surface area contributed by atoms with Gasteiger partial charge >= 0.3 is 5.97 Å². The van der Waals surface area contributed by atoms with Crippen LogP contribution in [0, 0.1) is 10.1 Å². The predicted molar refractivity (Wildman–Crippen MR) is 70.9 cm³/mol. The Hall–Kier alpha value is -2.20. The van der Waals surface area contributed by atoms with E-state index in [9.17, 15) is 23.3 Å². The zero-order chi connectivity index (χ0) is 15.5. The lowest BCUT2D eigenvalue weighted by Crippen LogP contribution is -2.35. The molecule has 0 aromatic heterocycles. The lowest BCUT2D eigenvalue weighted by atomic mass is 10.2. The summed E-state index contributed by atoms with van der Waals surface area (Å²) in [6, 6.07) is 2.49. The van der Waals surface area contributed by atoms with Gasteiger partial charge in [0.05, 0.1) is 10.5 Å². The van der Waals surface area contributed by atoms with Crippen molar-refractivity contribution in [2.75, 3.05) is 4.72 Å². The van der Waals surface area contributed by atoms with Crippen molar-refractivity contribution in [1.29, 1.82) is 0 Å². The minimum Gasteiger partial charge on any atom is -0.478 e. The van der Waals surface area contributed by atoms with Crippen molar-refractivity contribution in [3.63, 3.8) is 0 Å². The maximum absolute atomic E-state index is 11.6. The molecule has 20 heavy (non-hydrogen) atoms. The zero-order valence-corrected chi connectivity index (χ0v) is 11.5. The molecule has 1 rings (SSSR count). The molecule has 1 aromatic carbocycles. The minimum atomic E-state index is -3.97. The normalized spacial score (nSPS) is 11.3.